The van der Waals surface area contributed by atoms with Gasteiger partial charge in [0.2, 0.25) is 0 Å². The van der Waals surface area contributed by atoms with Gasteiger partial charge in [0.05, 0.1) is 6.04 Å². The number of nitrogens with zero attached hydrogens (tertiary/aromatic N) is 1. The molecule has 0 bridgehead atoms. The summed E-state index contributed by atoms with van der Waals surface area (Å²) < 4.78 is 0. The highest BCUT2D eigenvalue weighted by atomic mass is 35.5. The number of rotatable bonds is 5. The van der Waals surface area contributed by atoms with Gasteiger partial charge in [-0.15, -0.1) is 0 Å². The van der Waals surface area contributed by atoms with Gasteiger partial charge in [-0.3, -0.25) is 4.98 Å². The fourth-order valence-corrected chi connectivity index (χ4v) is 1.95. The third kappa shape index (κ3) is 3.42. The summed E-state index contributed by atoms with van der Waals surface area (Å²) in [7, 11) is 0. The van der Waals surface area contributed by atoms with Crippen LogP contribution in [-0.4, -0.2) is 11.5 Å². The maximum Gasteiger partial charge on any atom is 0.0580 e. The second-order valence-electron chi connectivity index (χ2n) is 3.89. The van der Waals surface area contributed by atoms with Crippen molar-refractivity contribution in [1.29, 1.82) is 0 Å². The van der Waals surface area contributed by atoms with Crippen LogP contribution in [0.3, 0.4) is 0 Å². The van der Waals surface area contributed by atoms with Crippen LogP contribution in [-0.2, 0) is 0 Å². The van der Waals surface area contributed by atoms with E-state index in [1.807, 2.05) is 48.8 Å². The lowest BCUT2D eigenvalue weighted by Crippen LogP contribution is -2.22. The standard InChI is InChI=1S/C15H15ClN2/c16-9-4-10-18-15(13-5-2-1-3-6-13)14-7-11-17-12-8-14/h1-9,11-12,15,18H,10H2/b9-4+. The molecule has 0 saturated heterocycles. The largest absolute Gasteiger partial charge is 0.303 e. The summed E-state index contributed by atoms with van der Waals surface area (Å²) in [5, 5.41) is 3.45. The minimum atomic E-state index is 0.155. The predicted octanol–water partition coefficient (Wildman–Crippen LogP) is 3.51. The highest BCUT2D eigenvalue weighted by Gasteiger charge is 2.11. The minimum Gasteiger partial charge on any atom is -0.303 e. The molecule has 3 heteroatoms. The zero-order valence-electron chi connectivity index (χ0n) is 9.96. The molecule has 92 valence electrons. The van der Waals surface area contributed by atoms with Crippen molar-refractivity contribution in [2.75, 3.05) is 6.54 Å². The van der Waals surface area contributed by atoms with Crippen LogP contribution in [0.25, 0.3) is 0 Å². The summed E-state index contributed by atoms with van der Waals surface area (Å²) in [6, 6.07) is 14.5. The summed E-state index contributed by atoms with van der Waals surface area (Å²) in [5.41, 5.74) is 3.95. The molecule has 2 rings (SSSR count). The number of halogens is 1. The summed E-state index contributed by atoms with van der Waals surface area (Å²) in [6.45, 7) is 0.728. The van der Waals surface area contributed by atoms with Crippen molar-refractivity contribution in [3.63, 3.8) is 0 Å². The van der Waals surface area contributed by atoms with Gasteiger partial charge in [-0.25, -0.2) is 0 Å². The first-order valence-corrected chi connectivity index (χ1v) is 6.29. The maximum atomic E-state index is 5.55. The molecule has 1 aromatic heterocycles. The minimum absolute atomic E-state index is 0.155. The number of hydrogen-bond acceptors (Lipinski definition) is 2. The van der Waals surface area contributed by atoms with Crippen LogP contribution < -0.4 is 5.32 Å². The normalized spacial score (nSPS) is 12.7. The Kier molecular flexibility index (Phi) is 4.94. The van der Waals surface area contributed by atoms with Gasteiger partial charge >= 0.3 is 0 Å². The zero-order chi connectivity index (χ0) is 12.6. The van der Waals surface area contributed by atoms with E-state index in [1.165, 1.54) is 16.7 Å². The Morgan fingerprint density at radius 3 is 2.39 bits per heavy atom. The predicted molar refractivity (Wildman–Crippen MR) is 75.5 cm³/mol. The molecule has 1 atom stereocenters. The molecule has 1 N–H and O–H groups in total. The first-order chi connectivity index (χ1) is 8.92. The van der Waals surface area contributed by atoms with E-state index in [4.69, 9.17) is 11.6 Å². The molecule has 0 aliphatic heterocycles. The number of nitrogens with one attached hydrogen (secondary N) is 1. The molecule has 1 heterocycles. The van der Waals surface area contributed by atoms with Gasteiger partial charge in [0.25, 0.3) is 0 Å². The third-order valence-corrected chi connectivity index (χ3v) is 2.88. The smallest absolute Gasteiger partial charge is 0.0580 e. The summed E-state index contributed by atoms with van der Waals surface area (Å²) in [6.07, 6.45) is 5.51. The van der Waals surface area contributed by atoms with Crippen LogP contribution in [0, 0.1) is 0 Å². The highest BCUT2D eigenvalue weighted by molar-refractivity contribution is 6.25. The maximum absolute atomic E-state index is 5.55. The zero-order valence-corrected chi connectivity index (χ0v) is 10.7. The number of aromatic nitrogens is 1. The second kappa shape index (κ2) is 6.94. The van der Waals surface area contributed by atoms with Crippen molar-refractivity contribution in [2.45, 2.75) is 6.04 Å². The Morgan fingerprint density at radius 1 is 1.06 bits per heavy atom. The van der Waals surface area contributed by atoms with E-state index in [9.17, 15) is 0 Å². The number of hydrogen-bond donors (Lipinski definition) is 1. The van der Waals surface area contributed by atoms with Gasteiger partial charge < -0.3 is 5.32 Å². The van der Waals surface area contributed by atoms with Gasteiger partial charge in [0.15, 0.2) is 0 Å². The Labute approximate surface area is 112 Å². The first-order valence-electron chi connectivity index (χ1n) is 5.85. The van der Waals surface area contributed by atoms with E-state index in [-0.39, 0.29) is 6.04 Å². The molecule has 1 unspecified atom stereocenters. The average molecular weight is 259 g/mol. The van der Waals surface area contributed by atoms with Crippen molar-refractivity contribution in [1.82, 2.24) is 10.3 Å². The second-order valence-corrected chi connectivity index (χ2v) is 4.15. The molecule has 0 spiro atoms. The third-order valence-electron chi connectivity index (χ3n) is 2.70. The van der Waals surface area contributed by atoms with Crippen molar-refractivity contribution >= 4 is 11.6 Å². The van der Waals surface area contributed by atoms with E-state index in [0.717, 1.165) is 6.54 Å². The van der Waals surface area contributed by atoms with E-state index in [0.29, 0.717) is 0 Å². The van der Waals surface area contributed by atoms with Crippen molar-refractivity contribution in [2.24, 2.45) is 0 Å². The van der Waals surface area contributed by atoms with Gasteiger partial charge in [0, 0.05) is 24.5 Å². The lowest BCUT2D eigenvalue weighted by Gasteiger charge is -2.18. The molecule has 18 heavy (non-hydrogen) atoms. The number of benzene rings is 1. The summed E-state index contributed by atoms with van der Waals surface area (Å²) >= 11 is 5.55. The van der Waals surface area contributed by atoms with Gasteiger partial charge in [-0.1, -0.05) is 48.0 Å². The highest BCUT2D eigenvalue weighted by Crippen LogP contribution is 2.20. The fraction of sp³-hybridized carbons (Fsp3) is 0.133. The molecule has 0 aliphatic carbocycles. The van der Waals surface area contributed by atoms with Gasteiger partial charge in [-0.05, 0) is 23.3 Å². The first kappa shape index (κ1) is 12.8. The molecule has 0 amide bonds. The van der Waals surface area contributed by atoms with Crippen LogP contribution in [0.4, 0.5) is 0 Å². The molecular weight excluding hydrogens is 244 g/mol. The molecule has 2 nitrogen and oxygen atoms in total. The van der Waals surface area contributed by atoms with E-state index < -0.39 is 0 Å². The van der Waals surface area contributed by atoms with E-state index in [1.54, 1.807) is 0 Å². The number of pyridine rings is 1. The van der Waals surface area contributed by atoms with Crippen LogP contribution >= 0.6 is 11.6 Å². The van der Waals surface area contributed by atoms with Crippen molar-refractivity contribution in [3.05, 3.63) is 77.6 Å². The SMILES string of the molecule is Cl/C=C/CNC(c1ccccc1)c1ccncc1. The van der Waals surface area contributed by atoms with Crippen LogP contribution in [0.1, 0.15) is 17.2 Å². The quantitative estimate of drug-likeness (QED) is 0.888. The molecule has 0 fully saturated rings. The Bertz CT molecular complexity index is 443. The molecule has 0 radical (unpaired) electrons. The average Bonchev–Trinajstić information content (AvgIpc) is 2.46. The van der Waals surface area contributed by atoms with Crippen molar-refractivity contribution in [3.8, 4) is 0 Å². The Hall–Kier alpha value is -1.64. The summed E-state index contributed by atoms with van der Waals surface area (Å²) in [5.74, 6) is 0. The van der Waals surface area contributed by atoms with E-state index in [2.05, 4.69) is 22.4 Å². The van der Waals surface area contributed by atoms with Crippen LogP contribution in [0.5, 0.6) is 0 Å². The molecule has 0 aliphatic rings. The molecule has 1 aromatic carbocycles. The molecule has 2 aromatic rings. The van der Waals surface area contributed by atoms with Gasteiger partial charge in [0.1, 0.15) is 0 Å². The van der Waals surface area contributed by atoms with Crippen LogP contribution in [0.2, 0.25) is 0 Å². The van der Waals surface area contributed by atoms with E-state index >= 15 is 0 Å². The monoisotopic (exact) mass is 258 g/mol. The molecular formula is C15H15ClN2. The van der Waals surface area contributed by atoms with Gasteiger partial charge in [-0.2, -0.15) is 0 Å². The molecule has 0 saturated carbocycles. The van der Waals surface area contributed by atoms with Crippen LogP contribution in [0.15, 0.2) is 66.5 Å². The lowest BCUT2D eigenvalue weighted by molar-refractivity contribution is 0.652. The summed E-state index contributed by atoms with van der Waals surface area (Å²) in [4.78, 5) is 4.06. The topological polar surface area (TPSA) is 24.9 Å². The Balaban J connectivity index is 2.23. The fourth-order valence-electron chi connectivity index (χ4n) is 1.86. The lowest BCUT2D eigenvalue weighted by atomic mass is 10.00. The Morgan fingerprint density at radius 2 is 1.72 bits per heavy atom. The van der Waals surface area contributed by atoms with Crippen molar-refractivity contribution < 1.29 is 0 Å².